The third kappa shape index (κ3) is 2.78. The Hall–Kier alpha value is -2.41. The first kappa shape index (κ1) is 16.1. The van der Waals surface area contributed by atoms with Crippen LogP contribution in [0.15, 0.2) is 18.2 Å². The number of aryl methyl sites for hydroxylation is 3. The molecule has 3 aromatic rings. The second-order valence-corrected chi connectivity index (χ2v) is 7.82. The fourth-order valence-corrected chi connectivity index (χ4v) is 4.51. The number of rotatable bonds is 2. The van der Waals surface area contributed by atoms with E-state index in [1.165, 1.54) is 11.3 Å². The van der Waals surface area contributed by atoms with Crippen molar-refractivity contribution in [1.82, 2.24) is 19.7 Å². The van der Waals surface area contributed by atoms with Crippen LogP contribution < -0.4 is 5.73 Å². The molecule has 1 aliphatic rings. The molecule has 0 radical (unpaired) electrons. The van der Waals surface area contributed by atoms with Crippen LogP contribution in [-0.2, 0) is 0 Å². The number of nitrogens with two attached hydrogens (primary N) is 1. The molecule has 1 aliphatic heterocycles. The number of aromatic nitrogens is 3. The molecule has 4 rings (SSSR count). The van der Waals surface area contributed by atoms with Gasteiger partial charge in [-0.15, -0.1) is 0 Å². The minimum atomic E-state index is 0.0704. The van der Waals surface area contributed by atoms with Crippen LogP contribution in [0.1, 0.15) is 39.8 Å². The summed E-state index contributed by atoms with van der Waals surface area (Å²) in [6.45, 7) is 7.49. The maximum absolute atomic E-state index is 13.0. The second kappa shape index (κ2) is 5.84. The van der Waals surface area contributed by atoms with Gasteiger partial charge < -0.3 is 10.6 Å². The van der Waals surface area contributed by atoms with E-state index in [1.54, 1.807) is 0 Å². The van der Waals surface area contributed by atoms with Gasteiger partial charge in [0.05, 0.1) is 22.0 Å². The molecule has 1 atom stereocenters. The molecule has 0 spiro atoms. The standard InChI is InChI=1S/C18H21N5OS/c1-10-6-13(8-15-16(10)20-18(19)25-15)17(24)22-5-4-14(9-22)23-12(3)7-11(2)21-23/h6-8,14H,4-5,9H2,1-3H3,(H2,19,20)/t14-/m1/s1. The highest BCUT2D eigenvalue weighted by Crippen LogP contribution is 2.30. The molecule has 0 unspecified atom stereocenters. The number of amides is 1. The fourth-order valence-electron chi connectivity index (χ4n) is 3.66. The van der Waals surface area contributed by atoms with E-state index in [2.05, 4.69) is 27.8 Å². The van der Waals surface area contributed by atoms with E-state index in [0.717, 1.165) is 40.1 Å². The zero-order valence-electron chi connectivity index (χ0n) is 14.6. The van der Waals surface area contributed by atoms with Crippen LogP contribution in [0.2, 0.25) is 0 Å². The van der Waals surface area contributed by atoms with Crippen molar-refractivity contribution in [2.75, 3.05) is 18.8 Å². The molecule has 6 nitrogen and oxygen atoms in total. The topological polar surface area (TPSA) is 77.0 Å². The summed E-state index contributed by atoms with van der Waals surface area (Å²) in [6, 6.07) is 6.16. The average molecular weight is 355 g/mol. The number of carbonyl (C=O) groups excluding carboxylic acids is 1. The number of thiazole rings is 1. The molecule has 0 saturated carbocycles. The Morgan fingerprint density at radius 2 is 2.08 bits per heavy atom. The van der Waals surface area contributed by atoms with Crippen LogP contribution in [-0.4, -0.2) is 38.7 Å². The number of carbonyl (C=O) groups is 1. The van der Waals surface area contributed by atoms with Crippen molar-refractivity contribution in [2.45, 2.75) is 33.2 Å². The smallest absolute Gasteiger partial charge is 0.253 e. The molecule has 3 heterocycles. The van der Waals surface area contributed by atoms with E-state index in [-0.39, 0.29) is 11.9 Å². The lowest BCUT2D eigenvalue weighted by Crippen LogP contribution is -2.29. The molecule has 130 valence electrons. The van der Waals surface area contributed by atoms with E-state index in [9.17, 15) is 4.79 Å². The molecular weight excluding hydrogens is 334 g/mol. The molecule has 25 heavy (non-hydrogen) atoms. The lowest BCUT2D eigenvalue weighted by molar-refractivity contribution is 0.0787. The maximum atomic E-state index is 13.0. The van der Waals surface area contributed by atoms with Gasteiger partial charge in [-0.25, -0.2) is 4.98 Å². The summed E-state index contributed by atoms with van der Waals surface area (Å²) in [5.41, 5.74) is 10.6. The summed E-state index contributed by atoms with van der Waals surface area (Å²) in [5, 5.41) is 5.11. The van der Waals surface area contributed by atoms with Gasteiger partial charge in [-0.05, 0) is 51.0 Å². The van der Waals surface area contributed by atoms with Crippen molar-refractivity contribution < 1.29 is 4.79 Å². The first-order valence-electron chi connectivity index (χ1n) is 8.41. The first-order valence-corrected chi connectivity index (χ1v) is 9.22. The highest BCUT2D eigenvalue weighted by Gasteiger charge is 2.29. The lowest BCUT2D eigenvalue weighted by Gasteiger charge is -2.18. The van der Waals surface area contributed by atoms with E-state index >= 15 is 0 Å². The number of hydrogen-bond acceptors (Lipinski definition) is 5. The largest absolute Gasteiger partial charge is 0.375 e. The lowest BCUT2D eigenvalue weighted by atomic mass is 10.1. The fraction of sp³-hybridized carbons (Fsp3) is 0.389. The maximum Gasteiger partial charge on any atom is 0.253 e. The first-order chi connectivity index (χ1) is 11.9. The monoisotopic (exact) mass is 355 g/mol. The van der Waals surface area contributed by atoms with Crippen LogP contribution >= 0.6 is 11.3 Å². The van der Waals surface area contributed by atoms with E-state index in [1.807, 2.05) is 30.9 Å². The Labute approximate surface area is 150 Å². The molecule has 7 heteroatoms. The Morgan fingerprint density at radius 1 is 1.28 bits per heavy atom. The number of nitrogen functional groups attached to an aromatic ring is 1. The van der Waals surface area contributed by atoms with Crippen molar-refractivity contribution in [3.63, 3.8) is 0 Å². The molecule has 1 saturated heterocycles. The van der Waals surface area contributed by atoms with Crippen LogP contribution in [0.5, 0.6) is 0 Å². The minimum absolute atomic E-state index is 0.0704. The van der Waals surface area contributed by atoms with Gasteiger partial charge >= 0.3 is 0 Å². The van der Waals surface area contributed by atoms with E-state index < -0.39 is 0 Å². The number of likely N-dealkylation sites (tertiary alicyclic amines) is 1. The normalized spacial score (nSPS) is 17.6. The van der Waals surface area contributed by atoms with E-state index in [0.29, 0.717) is 17.2 Å². The number of anilines is 1. The number of hydrogen-bond donors (Lipinski definition) is 1. The molecule has 2 aromatic heterocycles. The second-order valence-electron chi connectivity index (χ2n) is 6.76. The minimum Gasteiger partial charge on any atom is -0.375 e. The van der Waals surface area contributed by atoms with Crippen LogP contribution in [0.4, 0.5) is 5.13 Å². The van der Waals surface area contributed by atoms with Crippen molar-refractivity contribution in [3.8, 4) is 0 Å². The summed E-state index contributed by atoms with van der Waals surface area (Å²) in [5.74, 6) is 0.0704. The molecule has 0 aliphatic carbocycles. The zero-order valence-corrected chi connectivity index (χ0v) is 15.4. The Kier molecular flexibility index (Phi) is 3.76. The highest BCUT2D eigenvalue weighted by molar-refractivity contribution is 7.22. The number of fused-ring (bicyclic) bond motifs is 1. The molecule has 1 fully saturated rings. The van der Waals surface area contributed by atoms with Crippen LogP contribution in [0.25, 0.3) is 10.2 Å². The van der Waals surface area contributed by atoms with Crippen LogP contribution in [0.3, 0.4) is 0 Å². The Bertz CT molecular complexity index is 973. The summed E-state index contributed by atoms with van der Waals surface area (Å²) >= 11 is 1.42. The molecule has 2 N–H and O–H groups in total. The highest BCUT2D eigenvalue weighted by atomic mass is 32.1. The summed E-state index contributed by atoms with van der Waals surface area (Å²) in [7, 11) is 0. The van der Waals surface area contributed by atoms with Gasteiger partial charge in [-0.2, -0.15) is 5.10 Å². The number of benzene rings is 1. The molecular formula is C18H21N5OS. The summed E-state index contributed by atoms with van der Waals surface area (Å²) in [6.07, 6.45) is 0.933. The predicted molar refractivity (Wildman–Crippen MR) is 100 cm³/mol. The summed E-state index contributed by atoms with van der Waals surface area (Å²) in [4.78, 5) is 19.2. The number of nitrogens with zero attached hydrogens (tertiary/aromatic N) is 4. The zero-order chi connectivity index (χ0) is 17.7. The van der Waals surface area contributed by atoms with Gasteiger partial charge in [0.1, 0.15) is 0 Å². The molecule has 0 bridgehead atoms. The van der Waals surface area contributed by atoms with Crippen molar-refractivity contribution >= 4 is 32.6 Å². The van der Waals surface area contributed by atoms with Crippen molar-refractivity contribution in [2.24, 2.45) is 0 Å². The van der Waals surface area contributed by atoms with Crippen molar-refractivity contribution in [1.29, 1.82) is 0 Å². The Balaban J connectivity index is 1.58. The van der Waals surface area contributed by atoms with Gasteiger partial charge in [0.2, 0.25) is 0 Å². The van der Waals surface area contributed by atoms with E-state index in [4.69, 9.17) is 5.73 Å². The predicted octanol–water partition coefficient (Wildman–Crippen LogP) is 3.09. The van der Waals surface area contributed by atoms with Gasteiger partial charge in [0, 0.05) is 24.3 Å². The molecule has 1 aromatic carbocycles. The summed E-state index contributed by atoms with van der Waals surface area (Å²) < 4.78 is 3.02. The third-order valence-corrected chi connectivity index (χ3v) is 5.62. The van der Waals surface area contributed by atoms with Gasteiger partial charge in [-0.1, -0.05) is 11.3 Å². The van der Waals surface area contributed by atoms with Gasteiger partial charge in [0.25, 0.3) is 5.91 Å². The van der Waals surface area contributed by atoms with Gasteiger partial charge in [-0.3, -0.25) is 9.48 Å². The Morgan fingerprint density at radius 3 is 2.80 bits per heavy atom. The SMILES string of the molecule is Cc1cc(C)n([C@@H]2CCN(C(=O)c3cc(C)c4nc(N)sc4c3)C2)n1. The van der Waals surface area contributed by atoms with Crippen molar-refractivity contribution in [3.05, 3.63) is 40.7 Å². The quantitative estimate of drug-likeness (QED) is 0.766. The third-order valence-electron chi connectivity index (χ3n) is 4.79. The van der Waals surface area contributed by atoms with Gasteiger partial charge in [0.15, 0.2) is 5.13 Å². The van der Waals surface area contributed by atoms with Crippen LogP contribution in [0, 0.1) is 20.8 Å². The molecule has 1 amide bonds. The average Bonchev–Trinajstić information content (AvgIpc) is 3.24.